The van der Waals surface area contributed by atoms with Crippen LogP contribution in [0.2, 0.25) is 0 Å². The van der Waals surface area contributed by atoms with Crippen LogP contribution in [-0.4, -0.2) is 39.0 Å². The molecule has 0 radical (unpaired) electrons. The molecule has 2 aliphatic heterocycles. The van der Waals surface area contributed by atoms with E-state index in [1.165, 1.54) is 6.07 Å². The molecule has 2 aromatic rings. The number of nitrogens with zero attached hydrogens (tertiary/aromatic N) is 1. The quantitative estimate of drug-likeness (QED) is 0.776. The maximum absolute atomic E-state index is 14.1. The Morgan fingerprint density at radius 2 is 2.07 bits per heavy atom. The summed E-state index contributed by atoms with van der Waals surface area (Å²) in [5.41, 5.74) is 4.00. The van der Waals surface area contributed by atoms with E-state index < -0.39 is 5.82 Å². The summed E-state index contributed by atoms with van der Waals surface area (Å²) in [7, 11) is 1.99. The molecule has 2 heterocycles. The summed E-state index contributed by atoms with van der Waals surface area (Å²) < 4.78 is 25.1. The number of carbonyl (C=O) groups excluding carboxylic acids is 1. The predicted octanol–water partition coefficient (Wildman–Crippen LogP) is 3.35. The van der Waals surface area contributed by atoms with Crippen LogP contribution >= 0.6 is 0 Å². The first-order chi connectivity index (χ1) is 13.5. The normalized spacial score (nSPS) is 17.7. The molecule has 1 saturated heterocycles. The van der Waals surface area contributed by atoms with Gasteiger partial charge in [0.1, 0.15) is 5.82 Å². The molecule has 28 heavy (non-hydrogen) atoms. The van der Waals surface area contributed by atoms with Crippen LogP contribution in [0.5, 0.6) is 0 Å². The molecule has 4 rings (SSSR count). The fraction of sp³-hybridized carbons (Fsp3) is 0.286. The number of ether oxygens (including phenoxy) is 2. The fourth-order valence-corrected chi connectivity index (χ4v) is 3.51. The zero-order valence-electron chi connectivity index (χ0n) is 15.8. The topological polar surface area (TPSA) is 62.8 Å². The summed E-state index contributed by atoms with van der Waals surface area (Å²) in [5, 5.41) is 5.78. The van der Waals surface area contributed by atoms with Gasteiger partial charge in [-0.05, 0) is 42.8 Å². The van der Waals surface area contributed by atoms with Crippen LogP contribution in [0.1, 0.15) is 11.1 Å². The molecule has 6 nitrogen and oxygen atoms in total. The number of carbonyl (C=O) groups is 1. The van der Waals surface area contributed by atoms with Crippen LogP contribution in [0.3, 0.4) is 0 Å². The monoisotopic (exact) mass is 383 g/mol. The lowest BCUT2D eigenvalue weighted by molar-refractivity contribution is -0.110. The number of rotatable bonds is 5. The van der Waals surface area contributed by atoms with Crippen LogP contribution in [-0.2, 0) is 14.3 Å². The SMILES string of the molecule is Cc1cc(N/C=C2/C(=O)Nc3cccc(F)c32)ccc1N(C)CC1OCCO1. The van der Waals surface area contributed by atoms with Gasteiger partial charge in [0.15, 0.2) is 6.29 Å². The van der Waals surface area contributed by atoms with Gasteiger partial charge >= 0.3 is 0 Å². The minimum absolute atomic E-state index is 0.206. The van der Waals surface area contributed by atoms with Gasteiger partial charge in [-0.15, -0.1) is 0 Å². The molecule has 146 valence electrons. The van der Waals surface area contributed by atoms with Crippen molar-refractivity contribution in [2.75, 3.05) is 42.3 Å². The summed E-state index contributed by atoms with van der Waals surface area (Å²) >= 11 is 0. The smallest absolute Gasteiger partial charge is 0.257 e. The number of aryl methyl sites for hydroxylation is 1. The second kappa shape index (κ2) is 7.61. The highest BCUT2D eigenvalue weighted by atomic mass is 19.1. The first-order valence-electron chi connectivity index (χ1n) is 9.15. The standard InChI is InChI=1S/C21H22FN3O3/c1-13-10-14(6-7-18(13)25(2)12-19-27-8-9-28-19)23-11-15-20-16(22)4-3-5-17(20)24-21(15)26/h3-7,10-11,19,23H,8-9,12H2,1-2H3,(H,24,26)/b15-11+. The third kappa shape index (κ3) is 3.58. The number of amides is 1. The molecule has 0 aliphatic carbocycles. The van der Waals surface area contributed by atoms with Crippen LogP contribution in [0, 0.1) is 12.7 Å². The summed E-state index contributed by atoms with van der Waals surface area (Å²) in [6.07, 6.45) is 1.34. The number of anilines is 3. The van der Waals surface area contributed by atoms with Crippen LogP contribution in [0.4, 0.5) is 21.5 Å². The summed E-state index contributed by atoms with van der Waals surface area (Å²) in [6.45, 7) is 3.92. The van der Waals surface area contributed by atoms with Gasteiger partial charge in [0.05, 0.1) is 31.0 Å². The molecule has 1 amide bonds. The van der Waals surface area contributed by atoms with E-state index in [1.807, 2.05) is 32.2 Å². The molecular formula is C21H22FN3O3. The minimum Gasteiger partial charge on any atom is -0.369 e. The molecule has 0 saturated carbocycles. The van der Waals surface area contributed by atoms with Crippen molar-refractivity contribution in [3.8, 4) is 0 Å². The summed E-state index contributed by atoms with van der Waals surface area (Å²) in [6, 6.07) is 10.5. The molecule has 0 bridgehead atoms. The van der Waals surface area contributed by atoms with E-state index in [2.05, 4.69) is 15.5 Å². The average Bonchev–Trinajstić information content (AvgIpc) is 3.27. The lowest BCUT2D eigenvalue weighted by Crippen LogP contribution is -2.30. The van der Waals surface area contributed by atoms with E-state index in [9.17, 15) is 9.18 Å². The van der Waals surface area contributed by atoms with Gasteiger partial charge in [-0.1, -0.05) is 6.07 Å². The summed E-state index contributed by atoms with van der Waals surface area (Å²) in [5.74, 6) is -0.745. The molecule has 0 unspecified atom stereocenters. The number of halogens is 1. The van der Waals surface area contributed by atoms with Gasteiger partial charge in [0, 0.05) is 30.2 Å². The van der Waals surface area contributed by atoms with Gasteiger partial charge < -0.3 is 25.0 Å². The lowest BCUT2D eigenvalue weighted by atomic mass is 10.1. The number of likely N-dealkylation sites (N-methyl/N-ethyl adjacent to an activating group) is 1. The van der Waals surface area contributed by atoms with Crippen molar-refractivity contribution in [1.29, 1.82) is 0 Å². The number of benzene rings is 2. The largest absolute Gasteiger partial charge is 0.369 e. The van der Waals surface area contributed by atoms with E-state index in [-0.39, 0.29) is 17.8 Å². The van der Waals surface area contributed by atoms with E-state index in [0.717, 1.165) is 16.9 Å². The van der Waals surface area contributed by atoms with E-state index >= 15 is 0 Å². The van der Waals surface area contributed by atoms with Gasteiger partial charge in [0.25, 0.3) is 5.91 Å². The van der Waals surface area contributed by atoms with Crippen molar-refractivity contribution in [1.82, 2.24) is 0 Å². The molecule has 0 atom stereocenters. The van der Waals surface area contributed by atoms with Gasteiger partial charge in [-0.2, -0.15) is 0 Å². The van der Waals surface area contributed by atoms with E-state index in [1.54, 1.807) is 18.3 Å². The zero-order valence-corrected chi connectivity index (χ0v) is 15.8. The highest BCUT2D eigenvalue weighted by Crippen LogP contribution is 2.34. The van der Waals surface area contributed by atoms with E-state index in [0.29, 0.717) is 31.0 Å². The molecule has 1 fully saturated rings. The predicted molar refractivity (Wildman–Crippen MR) is 107 cm³/mol. The minimum atomic E-state index is -0.423. The first kappa shape index (κ1) is 18.5. The lowest BCUT2D eigenvalue weighted by Gasteiger charge is -2.24. The molecule has 0 aromatic heterocycles. The number of nitrogens with one attached hydrogen (secondary N) is 2. The Morgan fingerprint density at radius 1 is 1.29 bits per heavy atom. The first-order valence-corrected chi connectivity index (χ1v) is 9.15. The van der Waals surface area contributed by atoms with Crippen LogP contribution < -0.4 is 15.5 Å². The number of hydrogen-bond acceptors (Lipinski definition) is 5. The van der Waals surface area contributed by atoms with Crippen molar-refractivity contribution >= 4 is 28.5 Å². The second-order valence-electron chi connectivity index (χ2n) is 6.87. The van der Waals surface area contributed by atoms with Crippen molar-refractivity contribution < 1.29 is 18.7 Å². The van der Waals surface area contributed by atoms with Gasteiger partial charge in [0.2, 0.25) is 0 Å². The maximum atomic E-state index is 14.1. The molecular weight excluding hydrogens is 361 g/mol. The molecule has 0 spiro atoms. The van der Waals surface area contributed by atoms with Crippen molar-refractivity contribution in [3.63, 3.8) is 0 Å². The fourth-order valence-electron chi connectivity index (χ4n) is 3.51. The Morgan fingerprint density at radius 3 is 2.82 bits per heavy atom. The van der Waals surface area contributed by atoms with Gasteiger partial charge in [-0.3, -0.25) is 4.79 Å². The summed E-state index contributed by atoms with van der Waals surface area (Å²) in [4.78, 5) is 14.3. The van der Waals surface area contributed by atoms with E-state index in [4.69, 9.17) is 9.47 Å². The Balaban J connectivity index is 1.50. The van der Waals surface area contributed by atoms with Crippen LogP contribution in [0.25, 0.3) is 5.57 Å². The Kier molecular flexibility index (Phi) is 5.02. The second-order valence-corrected chi connectivity index (χ2v) is 6.87. The molecule has 2 aliphatic rings. The van der Waals surface area contributed by atoms with Gasteiger partial charge in [-0.25, -0.2) is 4.39 Å². The number of hydrogen-bond donors (Lipinski definition) is 2. The Labute approximate surface area is 162 Å². The highest BCUT2D eigenvalue weighted by Gasteiger charge is 2.27. The zero-order chi connectivity index (χ0) is 19.7. The van der Waals surface area contributed by atoms with Crippen molar-refractivity contribution in [2.45, 2.75) is 13.2 Å². The maximum Gasteiger partial charge on any atom is 0.257 e. The third-order valence-electron chi connectivity index (χ3n) is 4.88. The highest BCUT2D eigenvalue weighted by molar-refractivity contribution is 6.31. The Hall–Kier alpha value is -2.90. The Bertz CT molecular complexity index is 938. The van der Waals surface area contributed by atoms with Crippen LogP contribution in [0.15, 0.2) is 42.6 Å². The van der Waals surface area contributed by atoms with Crippen molar-refractivity contribution in [3.05, 3.63) is 59.5 Å². The average molecular weight is 383 g/mol. The molecule has 7 heteroatoms. The van der Waals surface area contributed by atoms with Crippen molar-refractivity contribution in [2.24, 2.45) is 0 Å². The third-order valence-corrected chi connectivity index (χ3v) is 4.88. The number of fused-ring (bicyclic) bond motifs is 1. The molecule has 2 N–H and O–H groups in total. The molecule has 2 aromatic carbocycles.